The van der Waals surface area contributed by atoms with Gasteiger partial charge in [0.1, 0.15) is 29.8 Å². The number of carbonyl (C=O) groups excluding carboxylic acids is 3. The Bertz CT molecular complexity index is 1060. The van der Waals surface area contributed by atoms with Crippen LogP contribution >= 0.6 is 0 Å². The van der Waals surface area contributed by atoms with Crippen molar-refractivity contribution in [1.82, 2.24) is 14.9 Å². The van der Waals surface area contributed by atoms with Crippen molar-refractivity contribution in [2.75, 3.05) is 33.9 Å². The van der Waals surface area contributed by atoms with E-state index in [9.17, 15) is 18.8 Å². The molecule has 0 bridgehead atoms. The van der Waals surface area contributed by atoms with Gasteiger partial charge < -0.3 is 14.4 Å². The molecule has 9 heteroatoms. The lowest BCUT2D eigenvalue weighted by molar-refractivity contribution is -0.157. The molecule has 1 aliphatic carbocycles. The minimum absolute atomic E-state index is 0.0128. The summed E-state index contributed by atoms with van der Waals surface area (Å²) in [5.41, 5.74) is 1.34. The first-order valence-electron chi connectivity index (χ1n) is 10.3. The predicted molar refractivity (Wildman–Crippen MR) is 112 cm³/mol. The number of ether oxygens (including phenoxy) is 2. The highest BCUT2D eigenvalue weighted by atomic mass is 19.1. The summed E-state index contributed by atoms with van der Waals surface area (Å²) < 4.78 is 23.6. The van der Waals surface area contributed by atoms with E-state index in [0.29, 0.717) is 41.4 Å². The first-order valence-corrected chi connectivity index (χ1v) is 10.3. The second-order valence-corrected chi connectivity index (χ2v) is 8.54. The van der Waals surface area contributed by atoms with E-state index in [2.05, 4.69) is 9.97 Å². The number of carbonyl (C=O) groups is 3. The number of ketones is 2. The number of Topliss-reactive ketones (excluding diaryl/α,β-unsaturated/α-hetero) is 2. The maximum Gasteiger partial charge on any atom is 0.248 e. The van der Waals surface area contributed by atoms with E-state index in [0.717, 1.165) is 12.4 Å². The molecule has 32 heavy (non-hydrogen) atoms. The van der Waals surface area contributed by atoms with Crippen molar-refractivity contribution in [2.24, 2.45) is 5.41 Å². The summed E-state index contributed by atoms with van der Waals surface area (Å²) >= 11 is 0. The van der Waals surface area contributed by atoms with Crippen LogP contribution in [-0.2, 0) is 19.1 Å². The van der Waals surface area contributed by atoms with Crippen LogP contribution in [-0.4, -0.2) is 66.3 Å². The third-order valence-electron chi connectivity index (χ3n) is 6.15. The normalized spacial score (nSPS) is 18.1. The quantitative estimate of drug-likeness (QED) is 0.655. The number of likely N-dealkylation sites (tertiary alicyclic amines) is 1. The maximum absolute atomic E-state index is 13.2. The molecular weight excluding hydrogens is 417 g/mol. The molecule has 2 heterocycles. The molecule has 1 spiro atoms. The van der Waals surface area contributed by atoms with Crippen LogP contribution < -0.4 is 4.74 Å². The lowest BCUT2D eigenvalue weighted by Gasteiger charge is -2.52. The van der Waals surface area contributed by atoms with Crippen LogP contribution in [0.25, 0.3) is 11.4 Å². The SMILES string of the molecule is COCC(=O)N1CC2(CC(=O)C(c3c(C)cc(-c4ncc(F)cn4)cc3OC)C(=O)C2)C1. The fraction of sp³-hybridized carbons (Fsp3) is 0.435. The Kier molecular flexibility index (Phi) is 5.77. The first kappa shape index (κ1) is 22.0. The Morgan fingerprint density at radius 3 is 2.34 bits per heavy atom. The van der Waals surface area contributed by atoms with Crippen molar-refractivity contribution in [1.29, 1.82) is 0 Å². The summed E-state index contributed by atoms with van der Waals surface area (Å²) in [6.45, 7) is 2.55. The number of aromatic nitrogens is 2. The lowest BCUT2D eigenvalue weighted by atomic mass is 9.63. The van der Waals surface area contributed by atoms with Crippen LogP contribution in [0.5, 0.6) is 5.75 Å². The first-order chi connectivity index (χ1) is 15.3. The van der Waals surface area contributed by atoms with Crippen LogP contribution in [0.1, 0.15) is 29.9 Å². The van der Waals surface area contributed by atoms with Gasteiger partial charge in [0.2, 0.25) is 5.91 Å². The minimum atomic E-state index is -0.914. The predicted octanol–water partition coefficient (Wildman–Crippen LogP) is 2.09. The number of nitrogens with zero attached hydrogens (tertiary/aromatic N) is 3. The minimum Gasteiger partial charge on any atom is -0.496 e. The Morgan fingerprint density at radius 2 is 1.78 bits per heavy atom. The van der Waals surface area contributed by atoms with Gasteiger partial charge in [0.15, 0.2) is 11.6 Å². The van der Waals surface area contributed by atoms with Gasteiger partial charge in [-0.05, 0) is 24.6 Å². The molecule has 4 rings (SSSR count). The number of hydrogen-bond donors (Lipinski definition) is 0. The average Bonchev–Trinajstić information content (AvgIpc) is 2.72. The maximum atomic E-state index is 13.2. The monoisotopic (exact) mass is 441 g/mol. The van der Waals surface area contributed by atoms with E-state index < -0.39 is 17.2 Å². The molecule has 2 aliphatic rings. The van der Waals surface area contributed by atoms with Gasteiger partial charge >= 0.3 is 0 Å². The molecule has 0 atom stereocenters. The second kappa shape index (κ2) is 8.38. The van der Waals surface area contributed by atoms with Crippen molar-refractivity contribution in [3.05, 3.63) is 41.5 Å². The smallest absolute Gasteiger partial charge is 0.248 e. The molecule has 1 aromatic heterocycles. The molecule has 1 aliphatic heterocycles. The molecule has 1 saturated carbocycles. The number of halogens is 1. The molecule has 168 valence electrons. The van der Waals surface area contributed by atoms with E-state index in [-0.39, 0.29) is 36.9 Å². The molecule has 1 aromatic carbocycles. The van der Waals surface area contributed by atoms with E-state index >= 15 is 0 Å². The highest BCUT2D eigenvalue weighted by molar-refractivity contribution is 6.11. The molecule has 0 radical (unpaired) electrons. The zero-order valence-corrected chi connectivity index (χ0v) is 18.2. The number of rotatable bonds is 5. The van der Waals surface area contributed by atoms with Crippen molar-refractivity contribution in [3.8, 4) is 17.1 Å². The largest absolute Gasteiger partial charge is 0.496 e. The van der Waals surface area contributed by atoms with Crippen LogP contribution in [0.3, 0.4) is 0 Å². The van der Waals surface area contributed by atoms with Gasteiger partial charge in [-0.25, -0.2) is 14.4 Å². The zero-order chi connectivity index (χ0) is 23.0. The van der Waals surface area contributed by atoms with E-state index in [1.54, 1.807) is 24.0 Å². The molecule has 0 unspecified atom stereocenters. The Morgan fingerprint density at radius 1 is 1.16 bits per heavy atom. The number of aryl methyl sites for hydroxylation is 1. The zero-order valence-electron chi connectivity index (χ0n) is 18.2. The van der Waals surface area contributed by atoms with Gasteiger partial charge in [-0.2, -0.15) is 0 Å². The van der Waals surface area contributed by atoms with Crippen LogP contribution in [0.4, 0.5) is 4.39 Å². The molecule has 2 aromatic rings. The highest BCUT2D eigenvalue weighted by Gasteiger charge is 2.53. The number of benzene rings is 1. The van der Waals surface area contributed by atoms with Gasteiger partial charge in [0.25, 0.3) is 0 Å². The summed E-state index contributed by atoms with van der Waals surface area (Å²) in [4.78, 5) is 47.9. The van der Waals surface area contributed by atoms with E-state index in [4.69, 9.17) is 9.47 Å². The third kappa shape index (κ3) is 3.88. The number of amides is 1. The van der Waals surface area contributed by atoms with Gasteiger partial charge in [0, 0.05) is 49.6 Å². The summed E-state index contributed by atoms with van der Waals surface area (Å²) in [6.07, 6.45) is 2.60. The summed E-state index contributed by atoms with van der Waals surface area (Å²) in [6, 6.07) is 3.43. The molecule has 2 fully saturated rings. The summed E-state index contributed by atoms with van der Waals surface area (Å²) in [5.74, 6) is -1.24. The van der Waals surface area contributed by atoms with Gasteiger partial charge in [-0.1, -0.05) is 0 Å². The van der Waals surface area contributed by atoms with Gasteiger partial charge in [0.05, 0.1) is 19.5 Å². The van der Waals surface area contributed by atoms with Crippen molar-refractivity contribution in [3.63, 3.8) is 0 Å². The van der Waals surface area contributed by atoms with E-state index in [1.165, 1.54) is 14.2 Å². The molecule has 0 N–H and O–H groups in total. The number of methoxy groups -OCH3 is 2. The Labute approximate surface area is 184 Å². The van der Waals surface area contributed by atoms with Gasteiger partial charge in [-0.15, -0.1) is 0 Å². The molecule has 1 amide bonds. The van der Waals surface area contributed by atoms with Crippen LogP contribution in [0.15, 0.2) is 24.5 Å². The van der Waals surface area contributed by atoms with Crippen LogP contribution in [0, 0.1) is 18.2 Å². The fourth-order valence-corrected chi connectivity index (χ4v) is 4.78. The van der Waals surface area contributed by atoms with Crippen molar-refractivity contribution < 1.29 is 28.2 Å². The van der Waals surface area contributed by atoms with Crippen molar-refractivity contribution in [2.45, 2.75) is 25.7 Å². The third-order valence-corrected chi connectivity index (χ3v) is 6.15. The highest BCUT2D eigenvalue weighted by Crippen LogP contribution is 2.47. The summed E-state index contributed by atoms with van der Waals surface area (Å²) in [7, 11) is 2.92. The molecular formula is C23H24FN3O5. The van der Waals surface area contributed by atoms with Gasteiger partial charge in [-0.3, -0.25) is 14.4 Å². The topological polar surface area (TPSA) is 98.7 Å². The molecule has 8 nitrogen and oxygen atoms in total. The standard InChI is InChI=1S/C23H24FN3O5/c1-13-4-14(22-25-8-15(24)9-26-22)5-18(32-3)20(13)21-16(28)6-23(7-17(21)29)11-27(12-23)19(30)10-31-2/h4-5,8-9,21H,6-7,10-12H2,1-3H3. The van der Waals surface area contributed by atoms with E-state index in [1.807, 2.05) is 0 Å². The summed E-state index contributed by atoms with van der Waals surface area (Å²) in [5, 5.41) is 0. The lowest BCUT2D eigenvalue weighted by Crippen LogP contribution is -2.62. The number of hydrogen-bond acceptors (Lipinski definition) is 7. The second-order valence-electron chi connectivity index (χ2n) is 8.54. The average molecular weight is 441 g/mol. The Balaban J connectivity index is 1.59. The van der Waals surface area contributed by atoms with Crippen LogP contribution in [0.2, 0.25) is 0 Å². The Hall–Kier alpha value is -3.20. The van der Waals surface area contributed by atoms with Crippen molar-refractivity contribution >= 4 is 17.5 Å². The molecule has 1 saturated heterocycles. The fourth-order valence-electron chi connectivity index (χ4n) is 4.78.